The van der Waals surface area contributed by atoms with Crippen molar-refractivity contribution < 1.29 is 4.79 Å². The molecule has 3 aliphatic rings. The van der Waals surface area contributed by atoms with Crippen molar-refractivity contribution in [1.82, 2.24) is 14.9 Å². The number of hydrogen-bond donors (Lipinski definition) is 0. The summed E-state index contributed by atoms with van der Waals surface area (Å²) in [6.07, 6.45) is 3.55. The Kier molecular flexibility index (Phi) is 3.90. The minimum Gasteiger partial charge on any atom is -0.354 e. The predicted octanol–water partition coefficient (Wildman–Crippen LogP) is 2.04. The fourth-order valence-corrected chi connectivity index (χ4v) is 4.11. The Labute approximate surface area is 144 Å². The van der Waals surface area contributed by atoms with Gasteiger partial charge in [-0.1, -0.05) is 0 Å². The number of thiazole rings is 1. The largest absolute Gasteiger partial charge is 0.354 e. The molecule has 0 radical (unpaired) electrons. The highest BCUT2D eigenvalue weighted by Gasteiger charge is 2.41. The van der Waals surface area contributed by atoms with Crippen molar-refractivity contribution >= 4 is 23.1 Å². The van der Waals surface area contributed by atoms with Gasteiger partial charge in [0.2, 0.25) is 5.91 Å². The Balaban J connectivity index is 1.57. The van der Waals surface area contributed by atoms with Crippen LogP contribution in [0, 0.1) is 17.2 Å². The van der Waals surface area contributed by atoms with E-state index in [9.17, 15) is 4.79 Å². The van der Waals surface area contributed by atoms with Gasteiger partial charge in [0.15, 0.2) is 0 Å². The second-order valence-corrected chi connectivity index (χ2v) is 7.01. The van der Waals surface area contributed by atoms with Crippen molar-refractivity contribution in [3.63, 3.8) is 0 Å². The number of aromatic nitrogens is 2. The molecular weight excluding hydrogens is 322 g/mol. The molecule has 7 heteroatoms. The van der Waals surface area contributed by atoms with Crippen LogP contribution in [0.1, 0.15) is 24.1 Å². The minimum atomic E-state index is 0.0137. The lowest BCUT2D eigenvalue weighted by Gasteiger charge is -2.35. The zero-order chi connectivity index (χ0) is 16.5. The van der Waals surface area contributed by atoms with Gasteiger partial charge < -0.3 is 9.80 Å². The number of pyridine rings is 1. The van der Waals surface area contributed by atoms with Crippen LogP contribution in [0.25, 0.3) is 0 Å². The summed E-state index contributed by atoms with van der Waals surface area (Å²) in [6, 6.07) is 5.93. The zero-order valence-corrected chi connectivity index (χ0v) is 13.9. The second kappa shape index (κ2) is 6.21. The first kappa shape index (κ1) is 15.1. The normalized spacial score (nSPS) is 23.2. The second-order valence-electron chi connectivity index (χ2n) is 6.30. The number of hydrogen-bond acceptors (Lipinski definition) is 6. The molecule has 6 nitrogen and oxygen atoms in total. The average Bonchev–Trinajstić information content (AvgIpc) is 2.98. The molecule has 0 saturated carbocycles. The number of carbonyl (C=O) groups is 1. The van der Waals surface area contributed by atoms with Gasteiger partial charge in [-0.2, -0.15) is 5.26 Å². The monoisotopic (exact) mass is 339 g/mol. The molecule has 24 heavy (non-hydrogen) atoms. The van der Waals surface area contributed by atoms with Crippen LogP contribution < -0.4 is 4.90 Å². The molecule has 3 fully saturated rings. The van der Waals surface area contributed by atoms with Gasteiger partial charge in [0, 0.05) is 30.7 Å². The van der Waals surface area contributed by atoms with Crippen molar-refractivity contribution in [1.29, 1.82) is 5.26 Å². The fraction of sp³-hybridized carbons (Fsp3) is 0.412. The van der Waals surface area contributed by atoms with Crippen LogP contribution in [0.4, 0.5) is 5.82 Å². The third kappa shape index (κ3) is 2.74. The van der Waals surface area contributed by atoms with Crippen molar-refractivity contribution in [2.45, 2.75) is 25.4 Å². The maximum atomic E-state index is 12.8. The lowest BCUT2D eigenvalue weighted by Crippen LogP contribution is -2.47. The van der Waals surface area contributed by atoms with E-state index in [4.69, 9.17) is 5.26 Å². The summed E-state index contributed by atoms with van der Waals surface area (Å²) in [6.45, 7) is 2.07. The number of nitriles is 1. The molecule has 2 bridgehead atoms. The molecule has 3 aliphatic heterocycles. The van der Waals surface area contributed by atoms with E-state index in [0.717, 1.165) is 30.9 Å². The van der Waals surface area contributed by atoms with Crippen LogP contribution in [-0.4, -0.2) is 39.9 Å². The Morgan fingerprint density at radius 2 is 2.21 bits per heavy atom. The number of piperidine rings is 1. The number of amides is 1. The molecule has 2 aromatic rings. The quantitative estimate of drug-likeness (QED) is 0.855. The zero-order valence-electron chi connectivity index (χ0n) is 13.1. The van der Waals surface area contributed by atoms with E-state index in [1.165, 1.54) is 0 Å². The van der Waals surface area contributed by atoms with Crippen LogP contribution in [-0.2, 0) is 11.3 Å². The topological polar surface area (TPSA) is 73.1 Å². The Morgan fingerprint density at radius 3 is 2.92 bits per heavy atom. The summed E-state index contributed by atoms with van der Waals surface area (Å²) >= 11 is 1.56. The van der Waals surface area contributed by atoms with E-state index in [1.54, 1.807) is 23.6 Å². The number of anilines is 1. The van der Waals surface area contributed by atoms with Crippen molar-refractivity contribution in [2.75, 3.05) is 18.0 Å². The molecule has 0 aromatic carbocycles. The van der Waals surface area contributed by atoms with E-state index in [0.29, 0.717) is 18.7 Å². The summed E-state index contributed by atoms with van der Waals surface area (Å²) in [4.78, 5) is 25.7. The third-order valence-electron chi connectivity index (χ3n) is 4.81. The molecule has 122 valence electrons. The first-order chi connectivity index (χ1) is 11.7. The standard InChI is InChI=1S/C17H17N5OS/c18-5-12-1-4-16(19-6-12)21-7-13-2-3-15(9-21)22(17(13)23)8-14-10-24-11-20-14/h1,4,6,10-11,13,15H,2-3,7-9H2/t13-,15+/m0/s1. The van der Waals surface area contributed by atoms with Crippen molar-refractivity contribution in [2.24, 2.45) is 5.92 Å². The number of rotatable bonds is 3. The van der Waals surface area contributed by atoms with Crippen molar-refractivity contribution in [3.8, 4) is 6.07 Å². The first-order valence-electron chi connectivity index (χ1n) is 8.03. The van der Waals surface area contributed by atoms with E-state index >= 15 is 0 Å². The van der Waals surface area contributed by atoms with Gasteiger partial charge in [0.25, 0.3) is 0 Å². The predicted molar refractivity (Wildman–Crippen MR) is 90.3 cm³/mol. The average molecular weight is 339 g/mol. The highest BCUT2D eigenvalue weighted by Crippen LogP contribution is 2.32. The minimum absolute atomic E-state index is 0.0137. The van der Waals surface area contributed by atoms with E-state index < -0.39 is 0 Å². The molecular formula is C17H17N5OS. The Hall–Kier alpha value is -2.46. The Bertz CT molecular complexity index is 767. The van der Waals surface area contributed by atoms with Gasteiger partial charge in [0.05, 0.1) is 29.2 Å². The first-order valence-corrected chi connectivity index (χ1v) is 8.97. The van der Waals surface area contributed by atoms with E-state index in [-0.39, 0.29) is 17.9 Å². The number of nitrogens with zero attached hydrogens (tertiary/aromatic N) is 5. The maximum Gasteiger partial charge on any atom is 0.228 e. The summed E-state index contributed by atoms with van der Waals surface area (Å²) < 4.78 is 0. The van der Waals surface area contributed by atoms with Crippen LogP contribution in [0.15, 0.2) is 29.2 Å². The lowest BCUT2D eigenvalue weighted by atomic mass is 9.94. The molecule has 0 spiro atoms. The summed E-state index contributed by atoms with van der Waals surface area (Å²) in [5.74, 6) is 1.09. The van der Waals surface area contributed by atoms with E-state index in [2.05, 4.69) is 20.9 Å². The van der Waals surface area contributed by atoms with Gasteiger partial charge in [-0.3, -0.25) is 4.79 Å². The van der Waals surface area contributed by atoms with Crippen LogP contribution in [0.5, 0.6) is 0 Å². The fourth-order valence-electron chi connectivity index (χ4n) is 3.57. The van der Waals surface area contributed by atoms with Gasteiger partial charge in [0.1, 0.15) is 11.9 Å². The van der Waals surface area contributed by atoms with E-state index in [1.807, 2.05) is 21.9 Å². The highest BCUT2D eigenvalue weighted by molar-refractivity contribution is 7.07. The van der Waals surface area contributed by atoms with Crippen LogP contribution >= 0.6 is 11.3 Å². The van der Waals surface area contributed by atoms with Crippen LogP contribution in [0.2, 0.25) is 0 Å². The summed E-state index contributed by atoms with van der Waals surface area (Å²) in [5, 5.41) is 10.9. The van der Waals surface area contributed by atoms with Crippen LogP contribution in [0.3, 0.4) is 0 Å². The number of carbonyl (C=O) groups excluding carboxylic acids is 1. The molecule has 1 amide bonds. The molecule has 0 unspecified atom stereocenters. The summed E-state index contributed by atoms with van der Waals surface area (Å²) in [5.41, 5.74) is 3.32. The van der Waals surface area contributed by atoms with Gasteiger partial charge in [-0.15, -0.1) is 11.3 Å². The molecule has 5 rings (SSSR count). The molecule has 2 aromatic heterocycles. The number of fused-ring (bicyclic) bond motifs is 4. The third-order valence-corrected chi connectivity index (χ3v) is 5.45. The highest BCUT2D eigenvalue weighted by atomic mass is 32.1. The smallest absolute Gasteiger partial charge is 0.228 e. The molecule has 2 atom stereocenters. The summed E-state index contributed by atoms with van der Waals surface area (Å²) in [7, 11) is 0. The Morgan fingerprint density at radius 1 is 1.29 bits per heavy atom. The van der Waals surface area contributed by atoms with Crippen molar-refractivity contribution in [3.05, 3.63) is 40.5 Å². The SMILES string of the molecule is N#Cc1ccc(N2C[C@@H]3CC[C@H](C2)N(Cc2cscn2)C3=O)nc1. The van der Waals surface area contributed by atoms with Gasteiger partial charge in [-0.25, -0.2) is 9.97 Å². The van der Waals surface area contributed by atoms with Gasteiger partial charge in [-0.05, 0) is 25.0 Å². The molecule has 3 saturated heterocycles. The van der Waals surface area contributed by atoms with Gasteiger partial charge >= 0.3 is 0 Å². The molecule has 0 N–H and O–H groups in total. The molecule has 5 heterocycles. The maximum absolute atomic E-state index is 12.8. The lowest BCUT2D eigenvalue weighted by molar-refractivity contribution is -0.140. The molecule has 0 aliphatic carbocycles.